The van der Waals surface area contributed by atoms with E-state index in [1.165, 1.54) is 12.1 Å². The van der Waals surface area contributed by atoms with Gasteiger partial charge in [-0.15, -0.1) is 13.2 Å². The standard InChI is InChI=1S/C8H18N2O2.C7H6F2.C2H6.C2H4/c1-8(2,3)12-7(11)10-6-4-5-9;1-5-2-6(8)4-7(9)3-5;2*1-2/h4-6,9H2,1-3H3,(H,10,11);2-4H,1H3;1-2H3;1-2H2. The van der Waals surface area contributed by atoms with Gasteiger partial charge in [-0.25, -0.2) is 13.6 Å². The van der Waals surface area contributed by atoms with Crippen LogP contribution in [0.25, 0.3) is 0 Å². The van der Waals surface area contributed by atoms with Gasteiger partial charge in [0, 0.05) is 12.6 Å². The second-order valence-electron chi connectivity index (χ2n) is 5.52. The molecule has 6 heteroatoms. The van der Waals surface area contributed by atoms with Crippen molar-refractivity contribution >= 4 is 6.09 Å². The number of aryl methyl sites for hydroxylation is 1. The summed E-state index contributed by atoms with van der Waals surface area (Å²) in [6.07, 6.45) is 0.398. The van der Waals surface area contributed by atoms with Crippen LogP contribution < -0.4 is 11.1 Å². The zero-order valence-electron chi connectivity index (χ0n) is 16.4. The Labute approximate surface area is 151 Å². The summed E-state index contributed by atoms with van der Waals surface area (Å²) in [5, 5.41) is 2.60. The molecule has 0 radical (unpaired) electrons. The minimum absolute atomic E-state index is 0.379. The second-order valence-corrected chi connectivity index (χ2v) is 5.52. The molecule has 25 heavy (non-hydrogen) atoms. The van der Waals surface area contributed by atoms with Crippen LogP contribution in [0.15, 0.2) is 31.4 Å². The third-order valence-corrected chi connectivity index (χ3v) is 2.06. The summed E-state index contributed by atoms with van der Waals surface area (Å²) in [4.78, 5) is 11.0. The molecule has 0 saturated heterocycles. The number of carbonyl (C=O) groups is 1. The maximum absolute atomic E-state index is 12.2. The Balaban J connectivity index is -0.000000329. The summed E-state index contributed by atoms with van der Waals surface area (Å²) in [6, 6.07) is 3.42. The lowest BCUT2D eigenvalue weighted by atomic mass is 10.2. The molecule has 1 rings (SSSR count). The van der Waals surface area contributed by atoms with E-state index in [2.05, 4.69) is 18.5 Å². The van der Waals surface area contributed by atoms with Crippen LogP contribution in [0, 0.1) is 18.6 Å². The van der Waals surface area contributed by atoms with E-state index in [-0.39, 0.29) is 6.09 Å². The highest BCUT2D eigenvalue weighted by Gasteiger charge is 2.15. The highest BCUT2D eigenvalue weighted by molar-refractivity contribution is 5.67. The van der Waals surface area contributed by atoms with Crippen molar-refractivity contribution < 1.29 is 18.3 Å². The normalized spacial score (nSPS) is 9.16. The van der Waals surface area contributed by atoms with E-state index in [0.29, 0.717) is 18.7 Å². The van der Waals surface area contributed by atoms with Crippen molar-refractivity contribution in [3.05, 3.63) is 48.6 Å². The molecule has 1 aromatic carbocycles. The van der Waals surface area contributed by atoms with E-state index in [4.69, 9.17) is 10.5 Å². The van der Waals surface area contributed by atoms with Crippen LogP contribution in [-0.2, 0) is 4.74 Å². The number of hydrogen-bond acceptors (Lipinski definition) is 3. The SMILES string of the molecule is C=C.CC.CC(C)(C)OC(=O)NCCCN.Cc1cc(F)cc(F)c1. The van der Waals surface area contributed by atoms with Crippen molar-refractivity contribution in [2.45, 2.75) is 53.6 Å². The van der Waals surface area contributed by atoms with E-state index in [0.717, 1.165) is 12.5 Å². The van der Waals surface area contributed by atoms with Crippen molar-refractivity contribution in [1.29, 1.82) is 0 Å². The maximum atomic E-state index is 12.2. The van der Waals surface area contributed by atoms with Crippen LogP contribution >= 0.6 is 0 Å². The topological polar surface area (TPSA) is 64.3 Å². The Morgan fingerprint density at radius 2 is 1.60 bits per heavy atom. The molecule has 0 saturated carbocycles. The number of benzene rings is 1. The average molecular weight is 360 g/mol. The van der Waals surface area contributed by atoms with Gasteiger partial charge < -0.3 is 15.8 Å². The second kappa shape index (κ2) is 16.9. The predicted octanol–water partition coefficient (Wildman–Crippen LogP) is 4.96. The number of nitrogens with one attached hydrogen (secondary N) is 1. The summed E-state index contributed by atoms with van der Waals surface area (Å²) in [5.41, 5.74) is 5.43. The zero-order chi connectivity index (χ0) is 20.5. The number of ether oxygens (including phenoxy) is 1. The minimum atomic E-state index is -0.521. The minimum Gasteiger partial charge on any atom is -0.444 e. The summed E-state index contributed by atoms with van der Waals surface area (Å²) in [7, 11) is 0. The molecule has 0 unspecified atom stereocenters. The largest absolute Gasteiger partial charge is 0.444 e. The fraction of sp³-hybridized carbons (Fsp3) is 0.526. The molecule has 3 N–H and O–H groups in total. The van der Waals surface area contributed by atoms with Crippen molar-refractivity contribution in [1.82, 2.24) is 5.32 Å². The Kier molecular flexibility index (Phi) is 18.8. The zero-order valence-corrected chi connectivity index (χ0v) is 16.4. The number of halogens is 2. The predicted molar refractivity (Wildman–Crippen MR) is 102 cm³/mol. The molecule has 0 aliphatic heterocycles. The molecule has 1 amide bonds. The Hall–Kier alpha value is -1.95. The van der Waals surface area contributed by atoms with Crippen molar-refractivity contribution in [3.63, 3.8) is 0 Å². The average Bonchev–Trinajstić information content (AvgIpc) is 2.49. The maximum Gasteiger partial charge on any atom is 0.407 e. The van der Waals surface area contributed by atoms with Crippen LogP contribution in [-0.4, -0.2) is 24.8 Å². The van der Waals surface area contributed by atoms with Gasteiger partial charge in [-0.2, -0.15) is 0 Å². The molecule has 0 aromatic heterocycles. The molecule has 0 spiro atoms. The molecular formula is C19H34F2N2O2. The Bertz CT molecular complexity index is 411. The van der Waals surface area contributed by atoms with Crippen molar-refractivity contribution in [2.75, 3.05) is 13.1 Å². The molecule has 0 aliphatic rings. The van der Waals surface area contributed by atoms with E-state index in [1.54, 1.807) is 6.92 Å². The first kappa shape index (κ1) is 27.9. The summed E-state index contributed by atoms with van der Waals surface area (Å²) in [5.74, 6) is -1.04. The highest BCUT2D eigenvalue weighted by Crippen LogP contribution is 2.06. The Morgan fingerprint density at radius 1 is 1.16 bits per heavy atom. The van der Waals surface area contributed by atoms with Crippen LogP contribution in [0.2, 0.25) is 0 Å². The lowest BCUT2D eigenvalue weighted by Gasteiger charge is -2.19. The molecule has 0 aliphatic carbocycles. The van der Waals surface area contributed by atoms with Gasteiger partial charge in [0.25, 0.3) is 0 Å². The molecule has 1 aromatic rings. The van der Waals surface area contributed by atoms with Gasteiger partial charge in [0.15, 0.2) is 0 Å². The molecule has 0 atom stereocenters. The van der Waals surface area contributed by atoms with Crippen LogP contribution in [0.4, 0.5) is 13.6 Å². The Morgan fingerprint density at radius 3 is 1.92 bits per heavy atom. The van der Waals surface area contributed by atoms with Crippen LogP contribution in [0.5, 0.6) is 0 Å². The lowest BCUT2D eigenvalue weighted by Crippen LogP contribution is -2.33. The fourth-order valence-corrected chi connectivity index (χ4v) is 1.30. The van der Waals surface area contributed by atoms with E-state index >= 15 is 0 Å². The van der Waals surface area contributed by atoms with Crippen molar-refractivity contribution in [2.24, 2.45) is 5.73 Å². The van der Waals surface area contributed by atoms with Crippen molar-refractivity contribution in [3.8, 4) is 0 Å². The molecule has 0 bridgehead atoms. The molecule has 0 fully saturated rings. The van der Waals surface area contributed by atoms with Gasteiger partial charge in [0.2, 0.25) is 0 Å². The van der Waals surface area contributed by atoms with Gasteiger partial charge in [0.1, 0.15) is 17.2 Å². The first-order chi connectivity index (χ1) is 11.6. The number of rotatable bonds is 3. The third-order valence-electron chi connectivity index (χ3n) is 2.06. The molecule has 4 nitrogen and oxygen atoms in total. The first-order valence-corrected chi connectivity index (χ1v) is 8.23. The van der Waals surface area contributed by atoms with Gasteiger partial charge in [-0.3, -0.25) is 0 Å². The first-order valence-electron chi connectivity index (χ1n) is 8.23. The molecular weight excluding hydrogens is 326 g/mol. The molecule has 146 valence electrons. The van der Waals surface area contributed by atoms with E-state index < -0.39 is 17.2 Å². The van der Waals surface area contributed by atoms with Crippen LogP contribution in [0.1, 0.15) is 46.6 Å². The quantitative estimate of drug-likeness (QED) is 0.591. The smallest absolute Gasteiger partial charge is 0.407 e. The summed E-state index contributed by atoms with van der Waals surface area (Å²) < 4.78 is 29.4. The van der Waals surface area contributed by atoms with Crippen LogP contribution in [0.3, 0.4) is 0 Å². The van der Waals surface area contributed by atoms with Gasteiger partial charge in [-0.05, 0) is 58.4 Å². The lowest BCUT2D eigenvalue weighted by molar-refractivity contribution is 0.0527. The summed E-state index contributed by atoms with van der Waals surface area (Å²) in [6.45, 7) is 18.3. The third kappa shape index (κ3) is 22.1. The number of nitrogens with two attached hydrogens (primary N) is 1. The number of amides is 1. The number of carbonyl (C=O) groups excluding carboxylic acids is 1. The van der Waals surface area contributed by atoms with Gasteiger partial charge in [0.05, 0.1) is 0 Å². The van der Waals surface area contributed by atoms with Gasteiger partial charge in [-0.1, -0.05) is 13.8 Å². The van der Waals surface area contributed by atoms with E-state index in [1.807, 2.05) is 34.6 Å². The highest BCUT2D eigenvalue weighted by atomic mass is 19.1. The number of hydrogen-bond donors (Lipinski definition) is 2. The number of alkyl carbamates (subject to hydrolysis) is 1. The molecule has 0 heterocycles. The summed E-state index contributed by atoms with van der Waals surface area (Å²) >= 11 is 0. The van der Waals surface area contributed by atoms with Gasteiger partial charge >= 0.3 is 6.09 Å². The monoisotopic (exact) mass is 360 g/mol. The van der Waals surface area contributed by atoms with E-state index in [9.17, 15) is 13.6 Å². The fourth-order valence-electron chi connectivity index (χ4n) is 1.30.